The van der Waals surface area contributed by atoms with E-state index in [0.717, 1.165) is 23.0 Å². The molecule has 2 rings (SSSR count). The molecule has 0 aromatic heterocycles. The van der Waals surface area contributed by atoms with Gasteiger partial charge in [-0.15, -0.1) is 12.4 Å². The van der Waals surface area contributed by atoms with Gasteiger partial charge in [0.1, 0.15) is 5.92 Å². The van der Waals surface area contributed by atoms with Gasteiger partial charge in [-0.2, -0.15) is 0 Å². The summed E-state index contributed by atoms with van der Waals surface area (Å²) in [6.45, 7) is 4.94. The third-order valence-corrected chi connectivity index (χ3v) is 5.27. The second-order valence-electron chi connectivity index (χ2n) is 5.99. The molecule has 2 amide bonds. The lowest BCUT2D eigenvalue weighted by molar-refractivity contribution is -0.133. The zero-order valence-corrected chi connectivity index (χ0v) is 16.5. The molecule has 0 aliphatic carbocycles. The number of halogens is 2. The number of nitrogens with zero attached hydrogens (tertiary/aromatic N) is 1. The van der Waals surface area contributed by atoms with E-state index in [0.29, 0.717) is 19.5 Å². The lowest BCUT2D eigenvalue weighted by Gasteiger charge is -2.32. The number of nitrogens with one attached hydrogen (secondary N) is 1. The molecule has 1 heterocycles. The van der Waals surface area contributed by atoms with Crippen LogP contribution in [0.2, 0.25) is 0 Å². The molecule has 1 unspecified atom stereocenters. The molecule has 1 aliphatic rings. The number of carbonyl (C=O) groups excluding carboxylic acids is 2. The lowest BCUT2D eigenvalue weighted by Crippen LogP contribution is -2.55. The number of anilines is 1. The van der Waals surface area contributed by atoms with Crippen molar-refractivity contribution in [1.29, 1.82) is 0 Å². The second-order valence-corrected chi connectivity index (χ2v) is 6.91. The summed E-state index contributed by atoms with van der Waals surface area (Å²) in [5.74, 6) is -0.974. The standard InChI is InChI=1S/C17H24BrN3O2.ClH/c1-3-17(4-2,11-19)20-15(22)14-8-9-21(16(14)23)13-7-5-6-12(18)10-13;/h5-7,10,14H,3-4,8-9,11,19H2,1-2H3,(H,20,22);1H. The molecular weight excluding hydrogens is 394 g/mol. The largest absolute Gasteiger partial charge is 0.349 e. The molecule has 24 heavy (non-hydrogen) atoms. The Hall–Kier alpha value is -1.11. The maximum absolute atomic E-state index is 12.6. The molecule has 1 saturated heterocycles. The average Bonchev–Trinajstić information content (AvgIpc) is 2.94. The second kappa shape index (κ2) is 8.83. The third-order valence-electron chi connectivity index (χ3n) is 4.77. The number of rotatable bonds is 6. The van der Waals surface area contributed by atoms with Gasteiger partial charge in [-0.25, -0.2) is 0 Å². The van der Waals surface area contributed by atoms with Crippen LogP contribution in [0, 0.1) is 5.92 Å². The van der Waals surface area contributed by atoms with Crippen LogP contribution in [-0.2, 0) is 9.59 Å². The van der Waals surface area contributed by atoms with Crippen molar-refractivity contribution in [2.75, 3.05) is 18.0 Å². The molecule has 1 aromatic carbocycles. The summed E-state index contributed by atoms with van der Waals surface area (Å²) in [4.78, 5) is 26.9. The molecule has 1 aliphatic heterocycles. The summed E-state index contributed by atoms with van der Waals surface area (Å²) in [5.41, 5.74) is 6.23. The molecule has 0 radical (unpaired) electrons. The van der Waals surface area contributed by atoms with Crippen molar-refractivity contribution in [2.24, 2.45) is 11.7 Å². The minimum Gasteiger partial charge on any atom is -0.349 e. The van der Waals surface area contributed by atoms with Crippen LogP contribution in [-0.4, -0.2) is 30.4 Å². The van der Waals surface area contributed by atoms with Crippen LogP contribution < -0.4 is 16.0 Å². The Morgan fingerprint density at radius 2 is 2.08 bits per heavy atom. The number of amides is 2. The minimum absolute atomic E-state index is 0. The van der Waals surface area contributed by atoms with Gasteiger partial charge in [0.25, 0.3) is 0 Å². The van der Waals surface area contributed by atoms with Gasteiger partial charge in [-0.05, 0) is 37.5 Å². The van der Waals surface area contributed by atoms with Crippen LogP contribution in [0.3, 0.4) is 0 Å². The number of carbonyl (C=O) groups is 2. The Kier molecular flexibility index (Phi) is 7.70. The molecule has 0 spiro atoms. The van der Waals surface area contributed by atoms with Crippen molar-refractivity contribution in [1.82, 2.24) is 5.32 Å². The molecule has 1 fully saturated rings. The summed E-state index contributed by atoms with van der Waals surface area (Å²) in [6.07, 6.45) is 2.04. The summed E-state index contributed by atoms with van der Waals surface area (Å²) >= 11 is 3.41. The molecular formula is C17H25BrClN3O2. The highest BCUT2D eigenvalue weighted by atomic mass is 79.9. The summed E-state index contributed by atoms with van der Waals surface area (Å²) in [7, 11) is 0. The van der Waals surface area contributed by atoms with Crippen LogP contribution in [0.15, 0.2) is 28.7 Å². The first kappa shape index (κ1) is 20.9. The Morgan fingerprint density at radius 3 is 2.62 bits per heavy atom. The topological polar surface area (TPSA) is 75.4 Å². The fourth-order valence-electron chi connectivity index (χ4n) is 2.94. The fraction of sp³-hybridized carbons (Fsp3) is 0.529. The van der Waals surface area contributed by atoms with Crippen LogP contribution in [0.25, 0.3) is 0 Å². The molecule has 134 valence electrons. The van der Waals surface area contributed by atoms with Crippen LogP contribution in [0.5, 0.6) is 0 Å². The monoisotopic (exact) mass is 417 g/mol. The molecule has 3 N–H and O–H groups in total. The van der Waals surface area contributed by atoms with Crippen LogP contribution in [0.4, 0.5) is 5.69 Å². The smallest absolute Gasteiger partial charge is 0.239 e. The van der Waals surface area contributed by atoms with E-state index in [1.807, 2.05) is 38.1 Å². The maximum atomic E-state index is 12.6. The lowest BCUT2D eigenvalue weighted by atomic mass is 9.91. The highest BCUT2D eigenvalue weighted by Gasteiger charge is 2.40. The fourth-order valence-corrected chi connectivity index (χ4v) is 3.33. The molecule has 0 bridgehead atoms. The van der Waals surface area contributed by atoms with E-state index in [1.165, 1.54) is 0 Å². The molecule has 0 saturated carbocycles. The van der Waals surface area contributed by atoms with E-state index in [4.69, 9.17) is 5.73 Å². The molecule has 5 nitrogen and oxygen atoms in total. The first-order valence-corrected chi connectivity index (χ1v) is 8.84. The van der Waals surface area contributed by atoms with Gasteiger partial charge in [0.15, 0.2) is 0 Å². The van der Waals surface area contributed by atoms with E-state index in [2.05, 4.69) is 21.2 Å². The van der Waals surface area contributed by atoms with Gasteiger partial charge < -0.3 is 16.0 Å². The average molecular weight is 419 g/mol. The number of nitrogens with two attached hydrogens (primary N) is 1. The maximum Gasteiger partial charge on any atom is 0.239 e. The van der Waals surface area contributed by atoms with Gasteiger partial charge in [-0.1, -0.05) is 35.8 Å². The highest BCUT2D eigenvalue weighted by molar-refractivity contribution is 9.10. The minimum atomic E-state index is -0.627. The first-order valence-electron chi connectivity index (χ1n) is 8.05. The number of hydrogen-bond acceptors (Lipinski definition) is 3. The van der Waals surface area contributed by atoms with Crippen molar-refractivity contribution in [3.63, 3.8) is 0 Å². The van der Waals surface area contributed by atoms with Gasteiger partial charge >= 0.3 is 0 Å². The zero-order valence-electron chi connectivity index (χ0n) is 14.0. The van der Waals surface area contributed by atoms with Crippen molar-refractivity contribution in [3.8, 4) is 0 Å². The van der Waals surface area contributed by atoms with Crippen LogP contribution in [0.1, 0.15) is 33.1 Å². The van der Waals surface area contributed by atoms with Crippen molar-refractivity contribution in [3.05, 3.63) is 28.7 Å². The van der Waals surface area contributed by atoms with Gasteiger partial charge in [-0.3, -0.25) is 9.59 Å². The normalized spacial score (nSPS) is 17.6. The zero-order chi connectivity index (χ0) is 17.0. The summed E-state index contributed by atoms with van der Waals surface area (Å²) in [5, 5.41) is 3.01. The Labute approximate surface area is 157 Å². The van der Waals surface area contributed by atoms with Crippen molar-refractivity contribution in [2.45, 2.75) is 38.6 Å². The molecule has 7 heteroatoms. The Balaban J connectivity index is 0.00000288. The van der Waals surface area contributed by atoms with E-state index in [-0.39, 0.29) is 24.2 Å². The molecule has 1 aromatic rings. The number of benzene rings is 1. The predicted molar refractivity (Wildman–Crippen MR) is 102 cm³/mol. The van der Waals surface area contributed by atoms with E-state index in [9.17, 15) is 9.59 Å². The van der Waals surface area contributed by atoms with Crippen molar-refractivity contribution < 1.29 is 9.59 Å². The van der Waals surface area contributed by atoms with E-state index in [1.54, 1.807) is 4.90 Å². The Morgan fingerprint density at radius 1 is 1.42 bits per heavy atom. The molecule has 1 atom stereocenters. The Bertz CT molecular complexity index is 585. The third kappa shape index (κ3) is 4.29. The van der Waals surface area contributed by atoms with Gasteiger partial charge in [0, 0.05) is 23.2 Å². The SMILES string of the molecule is CCC(CC)(CN)NC(=O)C1CCN(c2cccc(Br)c2)C1=O.Cl. The van der Waals surface area contributed by atoms with E-state index >= 15 is 0 Å². The predicted octanol–water partition coefficient (Wildman–Crippen LogP) is 2.86. The van der Waals surface area contributed by atoms with Crippen LogP contribution >= 0.6 is 28.3 Å². The van der Waals surface area contributed by atoms with Gasteiger partial charge in [0.2, 0.25) is 11.8 Å². The van der Waals surface area contributed by atoms with Gasteiger partial charge in [0.05, 0.1) is 5.54 Å². The van der Waals surface area contributed by atoms with E-state index < -0.39 is 11.5 Å². The number of hydrogen-bond donors (Lipinski definition) is 2. The summed E-state index contributed by atoms with van der Waals surface area (Å²) < 4.78 is 0.912. The highest BCUT2D eigenvalue weighted by Crippen LogP contribution is 2.28. The summed E-state index contributed by atoms with van der Waals surface area (Å²) in [6, 6.07) is 7.56. The quantitative estimate of drug-likeness (QED) is 0.698. The first-order chi connectivity index (χ1) is 11.0. The van der Waals surface area contributed by atoms with Crippen molar-refractivity contribution >= 4 is 45.8 Å².